The molecule has 2 aromatic carbocycles. The standard InChI is InChI=1S/C21H21FN4S/c22-16-11-9-15(10-12-16)14-23-21(27)25-20-17-6-3-4-7-18(17)24-19-8-2-1-5-13-26(19)20/h3-4,6-7,9-12H,1-2,5,8,13-14H2,(H,23,27). The highest BCUT2D eigenvalue weighted by Crippen LogP contribution is 2.15. The van der Waals surface area contributed by atoms with E-state index in [-0.39, 0.29) is 5.82 Å². The number of hydrogen-bond acceptors (Lipinski definition) is 2. The van der Waals surface area contributed by atoms with Crippen molar-refractivity contribution in [2.75, 3.05) is 0 Å². The molecule has 0 fully saturated rings. The molecular formula is C21H21FN4S. The van der Waals surface area contributed by atoms with Gasteiger partial charge in [-0.15, -0.1) is 0 Å². The van der Waals surface area contributed by atoms with Crippen LogP contribution in [0.1, 0.15) is 30.7 Å². The highest BCUT2D eigenvalue weighted by atomic mass is 32.1. The number of aryl methyl sites for hydroxylation is 1. The van der Waals surface area contributed by atoms with E-state index in [0.717, 1.165) is 53.6 Å². The van der Waals surface area contributed by atoms with Gasteiger partial charge in [-0.25, -0.2) is 14.4 Å². The zero-order valence-electron chi connectivity index (χ0n) is 15.0. The van der Waals surface area contributed by atoms with Gasteiger partial charge >= 0.3 is 0 Å². The van der Waals surface area contributed by atoms with Crippen LogP contribution in [0.3, 0.4) is 0 Å². The van der Waals surface area contributed by atoms with Gasteiger partial charge in [0.25, 0.3) is 0 Å². The quantitative estimate of drug-likeness (QED) is 0.686. The number of halogens is 1. The fourth-order valence-corrected chi connectivity index (χ4v) is 3.58. The van der Waals surface area contributed by atoms with Crippen LogP contribution >= 0.6 is 12.2 Å². The van der Waals surface area contributed by atoms with E-state index in [9.17, 15) is 4.39 Å². The van der Waals surface area contributed by atoms with Crippen molar-refractivity contribution in [1.29, 1.82) is 0 Å². The molecule has 138 valence electrons. The maximum atomic E-state index is 13.0. The molecule has 1 aliphatic heterocycles. The van der Waals surface area contributed by atoms with Crippen molar-refractivity contribution in [3.8, 4) is 0 Å². The molecular weight excluding hydrogens is 359 g/mol. The van der Waals surface area contributed by atoms with Crippen LogP contribution in [0.2, 0.25) is 0 Å². The molecule has 0 aliphatic carbocycles. The second-order valence-electron chi connectivity index (χ2n) is 6.73. The molecule has 4 rings (SSSR count). The van der Waals surface area contributed by atoms with Crippen LogP contribution < -0.4 is 10.8 Å². The molecule has 1 N–H and O–H groups in total. The summed E-state index contributed by atoms with van der Waals surface area (Å²) < 4.78 is 15.3. The summed E-state index contributed by atoms with van der Waals surface area (Å²) in [6.45, 7) is 1.42. The van der Waals surface area contributed by atoms with Gasteiger partial charge < -0.3 is 9.88 Å². The monoisotopic (exact) mass is 380 g/mol. The van der Waals surface area contributed by atoms with Crippen LogP contribution in [-0.4, -0.2) is 14.7 Å². The molecule has 0 amide bonds. The molecule has 27 heavy (non-hydrogen) atoms. The lowest BCUT2D eigenvalue weighted by Gasteiger charge is -2.13. The minimum Gasteiger partial charge on any atom is -0.357 e. The third-order valence-electron chi connectivity index (χ3n) is 4.81. The topological polar surface area (TPSA) is 42.2 Å². The lowest BCUT2D eigenvalue weighted by atomic mass is 10.2. The van der Waals surface area contributed by atoms with Gasteiger partial charge in [-0.3, -0.25) is 0 Å². The first-order valence-electron chi connectivity index (χ1n) is 9.26. The van der Waals surface area contributed by atoms with Crippen LogP contribution in [0.4, 0.5) is 4.39 Å². The Labute approximate surface area is 162 Å². The molecule has 2 heterocycles. The first-order chi connectivity index (χ1) is 13.2. The molecule has 1 aromatic heterocycles. The van der Waals surface area contributed by atoms with Crippen molar-refractivity contribution >= 4 is 28.2 Å². The van der Waals surface area contributed by atoms with E-state index < -0.39 is 0 Å². The number of para-hydroxylation sites is 1. The molecule has 0 atom stereocenters. The van der Waals surface area contributed by atoms with E-state index in [1.807, 2.05) is 24.3 Å². The summed E-state index contributed by atoms with van der Waals surface area (Å²) in [5.74, 6) is 0.833. The Morgan fingerprint density at radius 3 is 2.78 bits per heavy atom. The number of fused-ring (bicyclic) bond motifs is 2. The fourth-order valence-electron chi connectivity index (χ4n) is 3.42. The molecule has 3 aromatic rings. The number of nitrogens with zero attached hydrogens (tertiary/aromatic N) is 3. The summed E-state index contributed by atoms with van der Waals surface area (Å²) >= 11 is 5.48. The lowest BCUT2D eigenvalue weighted by molar-refractivity contribution is 0.608. The first-order valence-corrected chi connectivity index (χ1v) is 9.67. The molecule has 1 aliphatic rings. The molecule has 0 saturated heterocycles. The van der Waals surface area contributed by atoms with Gasteiger partial charge in [0.2, 0.25) is 0 Å². The Morgan fingerprint density at radius 2 is 1.93 bits per heavy atom. The first kappa shape index (κ1) is 17.8. The lowest BCUT2D eigenvalue weighted by Crippen LogP contribution is -2.30. The second-order valence-corrected chi connectivity index (χ2v) is 7.11. The average molecular weight is 380 g/mol. The Bertz CT molecular complexity index is 1040. The van der Waals surface area contributed by atoms with E-state index in [1.54, 1.807) is 12.1 Å². The van der Waals surface area contributed by atoms with Crippen molar-refractivity contribution in [2.24, 2.45) is 4.99 Å². The van der Waals surface area contributed by atoms with E-state index in [0.29, 0.717) is 11.7 Å². The highest BCUT2D eigenvalue weighted by Gasteiger charge is 2.12. The highest BCUT2D eigenvalue weighted by molar-refractivity contribution is 7.80. The van der Waals surface area contributed by atoms with Gasteiger partial charge in [-0.05, 0) is 54.9 Å². The molecule has 0 saturated carbocycles. The van der Waals surface area contributed by atoms with Crippen LogP contribution in [0.25, 0.3) is 10.9 Å². The molecule has 0 radical (unpaired) electrons. The number of thiocarbonyl (C=S) groups is 1. The summed E-state index contributed by atoms with van der Waals surface area (Å²) in [5, 5.41) is 4.60. The fraction of sp³-hybridized carbons (Fsp3) is 0.286. The van der Waals surface area contributed by atoms with Gasteiger partial charge in [-0.2, -0.15) is 0 Å². The zero-order valence-corrected chi connectivity index (χ0v) is 15.8. The van der Waals surface area contributed by atoms with Crippen LogP contribution in [0.15, 0.2) is 53.5 Å². The van der Waals surface area contributed by atoms with Crippen molar-refractivity contribution in [3.05, 3.63) is 71.2 Å². The Balaban J connectivity index is 1.69. The summed E-state index contributed by atoms with van der Waals surface area (Å²) in [6, 6.07) is 14.4. The van der Waals surface area contributed by atoms with Gasteiger partial charge in [0.15, 0.2) is 5.11 Å². The maximum Gasteiger partial charge on any atom is 0.195 e. The summed E-state index contributed by atoms with van der Waals surface area (Å²) in [5.41, 5.74) is 2.78. The van der Waals surface area contributed by atoms with E-state index in [2.05, 4.69) is 9.88 Å². The average Bonchev–Trinajstić information content (AvgIpc) is 2.93. The minimum absolute atomic E-state index is 0.242. The number of hydrogen-bond donors (Lipinski definition) is 1. The van der Waals surface area contributed by atoms with Crippen molar-refractivity contribution in [2.45, 2.75) is 38.8 Å². The molecule has 0 spiro atoms. The van der Waals surface area contributed by atoms with E-state index >= 15 is 0 Å². The van der Waals surface area contributed by atoms with Gasteiger partial charge in [0.1, 0.15) is 17.1 Å². The summed E-state index contributed by atoms with van der Waals surface area (Å²) in [6.07, 6.45) is 4.43. The minimum atomic E-state index is -0.242. The Hall–Kier alpha value is -2.60. The zero-order chi connectivity index (χ0) is 18.6. The Kier molecular flexibility index (Phi) is 5.25. The number of benzene rings is 2. The van der Waals surface area contributed by atoms with E-state index in [1.165, 1.54) is 18.6 Å². The second kappa shape index (κ2) is 7.96. The molecule has 4 nitrogen and oxygen atoms in total. The predicted octanol–water partition coefficient (Wildman–Crippen LogP) is 3.88. The number of rotatable bonds is 2. The van der Waals surface area contributed by atoms with Crippen molar-refractivity contribution in [1.82, 2.24) is 14.9 Å². The van der Waals surface area contributed by atoms with Gasteiger partial charge in [-0.1, -0.05) is 30.7 Å². The largest absolute Gasteiger partial charge is 0.357 e. The predicted molar refractivity (Wildman–Crippen MR) is 109 cm³/mol. The normalized spacial score (nSPS) is 14.6. The number of aromatic nitrogens is 2. The van der Waals surface area contributed by atoms with Crippen molar-refractivity contribution < 1.29 is 4.39 Å². The molecule has 0 unspecified atom stereocenters. The van der Waals surface area contributed by atoms with Gasteiger partial charge in [0.05, 0.1) is 5.52 Å². The smallest absolute Gasteiger partial charge is 0.195 e. The van der Waals surface area contributed by atoms with Crippen LogP contribution in [0.5, 0.6) is 0 Å². The summed E-state index contributed by atoms with van der Waals surface area (Å²) in [7, 11) is 0. The summed E-state index contributed by atoms with van der Waals surface area (Å²) in [4.78, 5) is 9.59. The van der Waals surface area contributed by atoms with Crippen LogP contribution in [0, 0.1) is 5.82 Å². The molecule has 6 heteroatoms. The maximum absolute atomic E-state index is 13.0. The third kappa shape index (κ3) is 4.06. The van der Waals surface area contributed by atoms with E-state index in [4.69, 9.17) is 22.2 Å². The SMILES string of the molecule is Fc1ccc(CNC(=S)N=c2c3ccccc3nc3n2CCCCC3)cc1. The third-order valence-corrected chi connectivity index (χ3v) is 5.04. The Morgan fingerprint density at radius 1 is 1.11 bits per heavy atom. The number of nitrogens with one attached hydrogen (secondary N) is 1. The van der Waals surface area contributed by atoms with Crippen LogP contribution in [-0.2, 0) is 19.5 Å². The van der Waals surface area contributed by atoms with Crippen molar-refractivity contribution in [3.63, 3.8) is 0 Å². The molecule has 0 bridgehead atoms. The van der Waals surface area contributed by atoms with Gasteiger partial charge in [0, 0.05) is 24.9 Å².